The lowest BCUT2D eigenvalue weighted by Gasteiger charge is -2.11. The van der Waals surface area contributed by atoms with Gasteiger partial charge in [0.2, 0.25) is 0 Å². The van der Waals surface area contributed by atoms with Crippen LogP contribution >= 0.6 is 11.6 Å². The van der Waals surface area contributed by atoms with E-state index in [0.717, 1.165) is 11.3 Å². The number of aryl methyl sites for hydroxylation is 2. The van der Waals surface area contributed by atoms with Gasteiger partial charge in [-0.1, -0.05) is 30.0 Å². The molecular weight excluding hydrogens is 280 g/mol. The molecule has 0 spiro atoms. The number of halogens is 1. The number of alkyl halides is 1. The Balaban J connectivity index is 2.00. The normalized spacial score (nSPS) is 9.86. The van der Waals surface area contributed by atoms with Gasteiger partial charge in [-0.25, -0.2) is 0 Å². The highest BCUT2D eigenvalue weighted by atomic mass is 35.5. The molecule has 0 atom stereocenters. The van der Waals surface area contributed by atoms with Crippen LogP contribution in [0.2, 0.25) is 0 Å². The summed E-state index contributed by atoms with van der Waals surface area (Å²) in [5.41, 5.74) is 4.76. The van der Waals surface area contributed by atoms with Crippen LogP contribution in [0.1, 0.15) is 28.7 Å². The topological polar surface area (TPSA) is 9.23 Å². The maximum Gasteiger partial charge on any atom is 0.119 e. The fraction of sp³-hybridized carbons (Fsp3) is 0.263. The summed E-state index contributed by atoms with van der Waals surface area (Å²) < 4.78 is 5.87. The highest BCUT2D eigenvalue weighted by molar-refractivity contribution is 6.18. The number of rotatable bonds is 4. The first-order chi connectivity index (χ1) is 10.2. The predicted molar refractivity (Wildman–Crippen MR) is 88.9 cm³/mol. The molecule has 0 fully saturated rings. The third-order valence-corrected chi connectivity index (χ3v) is 3.52. The van der Waals surface area contributed by atoms with E-state index in [-0.39, 0.29) is 0 Å². The zero-order chi connectivity index (χ0) is 15.1. The van der Waals surface area contributed by atoms with Gasteiger partial charge in [-0.2, -0.15) is 0 Å². The van der Waals surface area contributed by atoms with E-state index >= 15 is 0 Å². The molecule has 0 aromatic heterocycles. The Morgan fingerprint density at radius 2 is 1.67 bits per heavy atom. The van der Waals surface area contributed by atoms with Crippen LogP contribution in [-0.4, -0.2) is 5.88 Å². The molecule has 0 radical (unpaired) electrons. The largest absolute Gasteiger partial charge is 0.489 e. The third kappa shape index (κ3) is 4.55. The number of hydrogen-bond donors (Lipinski definition) is 0. The fourth-order valence-corrected chi connectivity index (χ4v) is 2.17. The van der Waals surface area contributed by atoms with Crippen LogP contribution in [0, 0.1) is 25.7 Å². The van der Waals surface area contributed by atoms with Gasteiger partial charge in [0.15, 0.2) is 0 Å². The van der Waals surface area contributed by atoms with Crippen LogP contribution < -0.4 is 4.74 Å². The number of ether oxygens (including phenoxy) is 1. The molecule has 2 rings (SSSR count). The van der Waals surface area contributed by atoms with Gasteiger partial charge in [-0.05, 0) is 54.8 Å². The van der Waals surface area contributed by atoms with Crippen molar-refractivity contribution >= 4 is 11.6 Å². The standard InChI is InChI=1S/C19H19ClO/c1-15-6-5-7-16(2)19(15)14-21-18-11-9-17(10-12-18)8-3-4-13-20/h5-7,9-12H,4,13-14H2,1-2H3. The fourth-order valence-electron chi connectivity index (χ4n) is 2.08. The van der Waals surface area contributed by atoms with Crippen molar-refractivity contribution in [2.75, 3.05) is 5.88 Å². The highest BCUT2D eigenvalue weighted by Crippen LogP contribution is 2.18. The summed E-state index contributed by atoms with van der Waals surface area (Å²) in [6.45, 7) is 4.82. The average Bonchev–Trinajstić information content (AvgIpc) is 2.48. The first kappa shape index (κ1) is 15.5. The molecule has 0 aliphatic carbocycles. The monoisotopic (exact) mass is 298 g/mol. The number of benzene rings is 2. The minimum atomic E-state index is 0.573. The van der Waals surface area contributed by atoms with E-state index in [9.17, 15) is 0 Å². The highest BCUT2D eigenvalue weighted by Gasteiger charge is 2.03. The summed E-state index contributed by atoms with van der Waals surface area (Å²) in [6, 6.07) is 14.2. The first-order valence-electron chi connectivity index (χ1n) is 7.03. The molecule has 0 amide bonds. The second-order valence-corrected chi connectivity index (χ2v) is 5.30. The van der Waals surface area contributed by atoms with Crippen LogP contribution in [-0.2, 0) is 6.61 Å². The molecule has 0 unspecified atom stereocenters. The Labute approximate surface area is 131 Å². The lowest BCUT2D eigenvalue weighted by atomic mass is 10.0. The second kappa shape index (κ2) is 7.76. The van der Waals surface area contributed by atoms with E-state index in [1.54, 1.807) is 0 Å². The lowest BCUT2D eigenvalue weighted by Crippen LogP contribution is -2.00. The molecule has 0 aliphatic heterocycles. The van der Waals surface area contributed by atoms with Crippen LogP contribution in [0.5, 0.6) is 5.75 Å². The summed E-state index contributed by atoms with van der Waals surface area (Å²) in [7, 11) is 0. The van der Waals surface area contributed by atoms with Gasteiger partial charge >= 0.3 is 0 Å². The molecule has 2 heteroatoms. The van der Waals surface area contributed by atoms with E-state index in [1.807, 2.05) is 24.3 Å². The Morgan fingerprint density at radius 1 is 1.00 bits per heavy atom. The maximum absolute atomic E-state index is 5.87. The summed E-state index contributed by atoms with van der Waals surface area (Å²) in [5.74, 6) is 7.53. The van der Waals surface area contributed by atoms with Crippen LogP contribution in [0.3, 0.4) is 0 Å². The van der Waals surface area contributed by atoms with Crippen molar-refractivity contribution in [1.29, 1.82) is 0 Å². The average molecular weight is 299 g/mol. The first-order valence-corrected chi connectivity index (χ1v) is 7.57. The molecular formula is C19H19ClO. The SMILES string of the molecule is Cc1cccc(C)c1COc1ccc(C#CCCCl)cc1. The van der Waals surface area contributed by atoms with Gasteiger partial charge in [0.05, 0.1) is 0 Å². The summed E-state index contributed by atoms with van der Waals surface area (Å²) >= 11 is 5.60. The van der Waals surface area contributed by atoms with Crippen molar-refractivity contribution in [3.63, 3.8) is 0 Å². The van der Waals surface area contributed by atoms with Crippen LogP contribution in [0.25, 0.3) is 0 Å². The van der Waals surface area contributed by atoms with Crippen LogP contribution in [0.4, 0.5) is 0 Å². The van der Waals surface area contributed by atoms with Crippen molar-refractivity contribution in [3.05, 3.63) is 64.7 Å². The zero-order valence-electron chi connectivity index (χ0n) is 12.4. The Hall–Kier alpha value is -1.91. The van der Waals surface area contributed by atoms with Gasteiger partial charge in [-0.3, -0.25) is 0 Å². The minimum absolute atomic E-state index is 0.573. The van der Waals surface area contributed by atoms with E-state index < -0.39 is 0 Å². The third-order valence-electron chi connectivity index (χ3n) is 3.33. The van der Waals surface area contributed by atoms with Gasteiger partial charge in [0.1, 0.15) is 12.4 Å². The minimum Gasteiger partial charge on any atom is -0.489 e. The maximum atomic E-state index is 5.87. The lowest BCUT2D eigenvalue weighted by molar-refractivity contribution is 0.304. The molecule has 1 nitrogen and oxygen atoms in total. The van der Waals surface area contributed by atoms with Crippen LogP contribution in [0.15, 0.2) is 42.5 Å². The van der Waals surface area contributed by atoms with E-state index in [0.29, 0.717) is 18.9 Å². The van der Waals surface area contributed by atoms with E-state index in [1.165, 1.54) is 16.7 Å². The summed E-state index contributed by atoms with van der Waals surface area (Å²) in [6.07, 6.45) is 0.715. The second-order valence-electron chi connectivity index (χ2n) is 4.92. The molecule has 108 valence electrons. The molecule has 0 bridgehead atoms. The van der Waals surface area contributed by atoms with Crippen molar-refractivity contribution < 1.29 is 4.74 Å². The molecule has 0 heterocycles. The summed E-state index contributed by atoms with van der Waals surface area (Å²) in [4.78, 5) is 0. The smallest absolute Gasteiger partial charge is 0.119 e. The molecule has 0 aliphatic rings. The number of hydrogen-bond acceptors (Lipinski definition) is 1. The van der Waals surface area contributed by atoms with Gasteiger partial charge in [0.25, 0.3) is 0 Å². The molecule has 0 N–H and O–H groups in total. The Bertz CT molecular complexity index is 627. The molecule has 0 saturated carbocycles. The van der Waals surface area contributed by atoms with Gasteiger partial charge < -0.3 is 4.74 Å². The van der Waals surface area contributed by atoms with Crippen molar-refractivity contribution in [2.45, 2.75) is 26.9 Å². The van der Waals surface area contributed by atoms with Crippen molar-refractivity contribution in [2.24, 2.45) is 0 Å². The Kier molecular flexibility index (Phi) is 5.72. The predicted octanol–water partition coefficient (Wildman–Crippen LogP) is 4.86. The van der Waals surface area contributed by atoms with Crippen molar-refractivity contribution in [1.82, 2.24) is 0 Å². The quantitative estimate of drug-likeness (QED) is 0.578. The van der Waals surface area contributed by atoms with Crippen molar-refractivity contribution in [3.8, 4) is 17.6 Å². The molecule has 21 heavy (non-hydrogen) atoms. The molecule has 2 aromatic carbocycles. The molecule has 2 aromatic rings. The van der Waals surface area contributed by atoms with Gasteiger partial charge in [0, 0.05) is 17.9 Å². The van der Waals surface area contributed by atoms with E-state index in [4.69, 9.17) is 16.3 Å². The summed E-state index contributed by atoms with van der Waals surface area (Å²) in [5, 5.41) is 0. The zero-order valence-corrected chi connectivity index (χ0v) is 13.2. The van der Waals surface area contributed by atoms with Gasteiger partial charge in [-0.15, -0.1) is 11.6 Å². The molecule has 0 saturated heterocycles. The van der Waals surface area contributed by atoms with E-state index in [2.05, 4.69) is 43.9 Å². The Morgan fingerprint density at radius 3 is 2.29 bits per heavy atom.